The molecule has 0 saturated carbocycles. The van der Waals surface area contributed by atoms with E-state index in [0.717, 1.165) is 15.9 Å². The van der Waals surface area contributed by atoms with Crippen LogP contribution in [0.2, 0.25) is 0 Å². The van der Waals surface area contributed by atoms with E-state index in [4.69, 9.17) is 10.5 Å². The molecule has 3 amide bonds. The quantitative estimate of drug-likeness (QED) is 0.460. The average Bonchev–Trinajstić information content (AvgIpc) is 3.01. The number of ether oxygens (including phenoxy) is 1. The van der Waals surface area contributed by atoms with Crippen LogP contribution in [0.25, 0.3) is 0 Å². The third-order valence-corrected chi connectivity index (χ3v) is 4.78. The fraction of sp³-hybridized carbons (Fsp3) is 0.143. The van der Waals surface area contributed by atoms with Crippen LogP contribution in [-0.4, -0.2) is 28.5 Å². The van der Waals surface area contributed by atoms with Crippen molar-refractivity contribution in [2.45, 2.75) is 13.1 Å². The van der Waals surface area contributed by atoms with Crippen LogP contribution in [0.1, 0.15) is 11.1 Å². The van der Waals surface area contributed by atoms with Crippen LogP contribution < -0.4 is 20.3 Å². The van der Waals surface area contributed by atoms with Gasteiger partial charge in [0.1, 0.15) is 30.3 Å². The molecule has 0 bridgehead atoms. The van der Waals surface area contributed by atoms with Gasteiger partial charge in [-0.15, -0.1) is 0 Å². The highest BCUT2D eigenvalue weighted by atomic mass is 19.4. The summed E-state index contributed by atoms with van der Waals surface area (Å²) >= 11 is 0. The number of amides is 3. The molecule has 0 unspecified atom stereocenters. The van der Waals surface area contributed by atoms with Gasteiger partial charge >= 0.3 is 12.2 Å². The number of halogens is 4. The normalized spacial score (nSPS) is 14.2. The number of hydrogen-bond acceptors (Lipinski definition) is 6. The fourth-order valence-electron chi connectivity index (χ4n) is 3.31. The van der Waals surface area contributed by atoms with Crippen molar-refractivity contribution in [1.29, 1.82) is 0 Å². The van der Waals surface area contributed by atoms with Crippen LogP contribution in [0.3, 0.4) is 0 Å². The SMILES string of the molecule is Cc1cc(Oc2cc(N)ncn2)ccc1N1C(=O)CN(c2cc(F)cc(C(F)(F)F)c2)C1=O. The number of benzene rings is 2. The van der Waals surface area contributed by atoms with Gasteiger partial charge in [0, 0.05) is 11.8 Å². The van der Waals surface area contributed by atoms with Crippen molar-refractivity contribution < 1.29 is 31.9 Å². The molecule has 2 aromatic carbocycles. The van der Waals surface area contributed by atoms with Crippen LogP contribution in [0.15, 0.2) is 48.8 Å². The highest BCUT2D eigenvalue weighted by molar-refractivity contribution is 6.27. The topological polar surface area (TPSA) is 102 Å². The van der Waals surface area contributed by atoms with E-state index in [1.54, 1.807) is 13.0 Å². The van der Waals surface area contributed by atoms with Crippen LogP contribution in [0, 0.1) is 12.7 Å². The van der Waals surface area contributed by atoms with E-state index in [2.05, 4.69) is 9.97 Å². The fourth-order valence-corrected chi connectivity index (χ4v) is 3.31. The van der Waals surface area contributed by atoms with Crippen LogP contribution >= 0.6 is 0 Å². The first-order valence-corrected chi connectivity index (χ1v) is 9.41. The maximum atomic E-state index is 13.8. The third kappa shape index (κ3) is 4.40. The zero-order valence-corrected chi connectivity index (χ0v) is 16.9. The molecule has 1 aromatic heterocycles. The number of anilines is 3. The van der Waals surface area contributed by atoms with Gasteiger partial charge in [-0.25, -0.2) is 24.1 Å². The summed E-state index contributed by atoms with van der Waals surface area (Å²) < 4.78 is 58.5. The number of rotatable bonds is 4. The molecule has 170 valence electrons. The number of aryl methyl sites for hydroxylation is 1. The van der Waals surface area contributed by atoms with E-state index in [0.29, 0.717) is 23.4 Å². The first kappa shape index (κ1) is 22.0. The minimum atomic E-state index is -4.82. The van der Waals surface area contributed by atoms with Gasteiger partial charge in [-0.2, -0.15) is 13.2 Å². The number of carbonyl (C=O) groups excluding carboxylic acids is 2. The molecule has 2 heterocycles. The number of nitrogens with two attached hydrogens (primary N) is 1. The Balaban J connectivity index is 1.61. The summed E-state index contributed by atoms with van der Waals surface area (Å²) in [6, 6.07) is 6.67. The Morgan fingerprint density at radius 3 is 2.48 bits per heavy atom. The molecule has 0 spiro atoms. The highest BCUT2D eigenvalue weighted by Gasteiger charge is 2.40. The second-order valence-corrected chi connectivity index (χ2v) is 7.13. The molecule has 8 nitrogen and oxygen atoms in total. The Morgan fingerprint density at radius 1 is 1.06 bits per heavy atom. The van der Waals surface area contributed by atoms with Gasteiger partial charge in [-0.05, 0) is 48.9 Å². The summed E-state index contributed by atoms with van der Waals surface area (Å²) in [5.74, 6) is -1.14. The lowest BCUT2D eigenvalue weighted by atomic mass is 10.1. The molecule has 1 aliphatic heterocycles. The zero-order chi connectivity index (χ0) is 23.9. The van der Waals surface area contributed by atoms with Gasteiger partial charge in [-0.3, -0.25) is 9.69 Å². The van der Waals surface area contributed by atoms with Gasteiger partial charge < -0.3 is 10.5 Å². The van der Waals surface area contributed by atoms with E-state index in [1.807, 2.05) is 0 Å². The molecule has 33 heavy (non-hydrogen) atoms. The van der Waals surface area contributed by atoms with Crippen molar-refractivity contribution in [2.24, 2.45) is 0 Å². The van der Waals surface area contributed by atoms with E-state index in [9.17, 15) is 27.2 Å². The molecule has 0 radical (unpaired) electrons. The zero-order valence-electron chi connectivity index (χ0n) is 16.9. The summed E-state index contributed by atoms with van der Waals surface area (Å²) in [5.41, 5.74) is 4.61. The van der Waals surface area contributed by atoms with Crippen molar-refractivity contribution >= 4 is 29.1 Å². The summed E-state index contributed by atoms with van der Waals surface area (Å²) in [6.07, 6.45) is -3.59. The molecule has 3 aromatic rings. The number of carbonyl (C=O) groups is 2. The van der Waals surface area contributed by atoms with Gasteiger partial charge in [-0.1, -0.05) is 0 Å². The van der Waals surface area contributed by atoms with Crippen LogP contribution in [-0.2, 0) is 11.0 Å². The lowest BCUT2D eigenvalue weighted by Gasteiger charge is -2.20. The standard InChI is InChI=1S/C21H15F4N5O3/c1-11-4-15(33-18-8-17(26)27-10-28-18)2-3-16(11)30-19(31)9-29(20(30)32)14-6-12(21(23,24)25)5-13(22)7-14/h2-8,10H,9H2,1H3,(H2,26,27,28). The molecule has 0 atom stereocenters. The maximum Gasteiger partial charge on any atom is 0.416 e. The average molecular weight is 461 g/mol. The summed E-state index contributed by atoms with van der Waals surface area (Å²) in [6.45, 7) is 1.07. The molecule has 1 aliphatic rings. The van der Waals surface area contributed by atoms with Crippen molar-refractivity contribution in [2.75, 3.05) is 22.1 Å². The molecule has 0 aliphatic carbocycles. The van der Waals surface area contributed by atoms with E-state index < -0.39 is 36.0 Å². The second kappa shape index (κ2) is 8.04. The minimum absolute atomic E-state index is 0.181. The van der Waals surface area contributed by atoms with Gasteiger partial charge in [0.2, 0.25) is 5.88 Å². The number of imide groups is 1. The van der Waals surface area contributed by atoms with E-state index >= 15 is 0 Å². The Kier molecular flexibility index (Phi) is 5.36. The Hall–Kier alpha value is -4.22. The predicted octanol–water partition coefficient (Wildman–Crippen LogP) is 4.29. The van der Waals surface area contributed by atoms with Crippen molar-refractivity contribution in [3.8, 4) is 11.6 Å². The molecule has 12 heteroatoms. The lowest BCUT2D eigenvalue weighted by Crippen LogP contribution is -2.33. The summed E-state index contributed by atoms with van der Waals surface area (Å²) in [7, 11) is 0. The lowest BCUT2D eigenvalue weighted by molar-refractivity contribution is -0.137. The number of hydrogen-bond donors (Lipinski definition) is 1. The van der Waals surface area contributed by atoms with Crippen molar-refractivity contribution in [3.63, 3.8) is 0 Å². The molecule has 1 saturated heterocycles. The molecular formula is C21H15F4N5O3. The van der Waals surface area contributed by atoms with E-state index in [-0.39, 0.29) is 23.1 Å². The highest BCUT2D eigenvalue weighted by Crippen LogP contribution is 2.35. The number of urea groups is 1. The third-order valence-electron chi connectivity index (χ3n) is 4.78. The summed E-state index contributed by atoms with van der Waals surface area (Å²) in [4.78, 5) is 34.8. The first-order valence-electron chi connectivity index (χ1n) is 9.41. The number of nitrogen functional groups attached to an aromatic ring is 1. The Labute approximate surface area is 184 Å². The smallest absolute Gasteiger partial charge is 0.416 e. The monoisotopic (exact) mass is 461 g/mol. The first-order chi connectivity index (χ1) is 15.5. The van der Waals surface area contributed by atoms with Gasteiger partial charge in [0.25, 0.3) is 5.91 Å². The van der Waals surface area contributed by atoms with Gasteiger partial charge in [0.15, 0.2) is 0 Å². The minimum Gasteiger partial charge on any atom is -0.439 e. The molecule has 2 N–H and O–H groups in total. The Morgan fingerprint density at radius 2 is 1.82 bits per heavy atom. The van der Waals surface area contributed by atoms with Gasteiger partial charge in [0.05, 0.1) is 11.3 Å². The van der Waals surface area contributed by atoms with Crippen molar-refractivity contribution in [1.82, 2.24) is 9.97 Å². The predicted molar refractivity (Wildman–Crippen MR) is 109 cm³/mol. The number of aromatic nitrogens is 2. The Bertz CT molecular complexity index is 1260. The second-order valence-electron chi connectivity index (χ2n) is 7.13. The summed E-state index contributed by atoms with van der Waals surface area (Å²) in [5, 5.41) is 0. The molecule has 4 rings (SSSR count). The number of alkyl halides is 3. The van der Waals surface area contributed by atoms with Crippen LogP contribution in [0.5, 0.6) is 11.6 Å². The largest absolute Gasteiger partial charge is 0.439 e. The van der Waals surface area contributed by atoms with E-state index in [1.165, 1.54) is 24.5 Å². The number of nitrogens with zero attached hydrogens (tertiary/aromatic N) is 4. The molecule has 1 fully saturated rings. The van der Waals surface area contributed by atoms with Crippen LogP contribution in [0.4, 0.5) is 39.5 Å². The molecular weight excluding hydrogens is 446 g/mol. The van der Waals surface area contributed by atoms with Crippen molar-refractivity contribution in [3.05, 3.63) is 65.7 Å². The maximum absolute atomic E-state index is 13.8.